The summed E-state index contributed by atoms with van der Waals surface area (Å²) in [7, 11) is 0. The van der Waals surface area contributed by atoms with Crippen molar-refractivity contribution in [1.82, 2.24) is 15.1 Å². The van der Waals surface area contributed by atoms with E-state index >= 15 is 0 Å². The third-order valence-corrected chi connectivity index (χ3v) is 7.82. The molecule has 8 nitrogen and oxygen atoms in total. The fourth-order valence-corrected chi connectivity index (χ4v) is 5.91. The van der Waals surface area contributed by atoms with E-state index in [1.54, 1.807) is 12.1 Å². The lowest BCUT2D eigenvalue weighted by Gasteiger charge is -2.34. The smallest absolute Gasteiger partial charge is 0.305 e. The summed E-state index contributed by atoms with van der Waals surface area (Å²) in [5.41, 5.74) is -0.280. The lowest BCUT2D eigenvalue weighted by molar-refractivity contribution is -0.142. The van der Waals surface area contributed by atoms with E-state index in [9.17, 15) is 33.1 Å². The Morgan fingerprint density at radius 1 is 1.03 bits per heavy atom. The molecule has 1 saturated carbocycles. The number of carbonyl (C=O) groups is 4. The zero-order valence-corrected chi connectivity index (χ0v) is 21.0. The van der Waals surface area contributed by atoms with Crippen LogP contribution in [-0.4, -0.2) is 63.9 Å². The van der Waals surface area contributed by atoms with E-state index in [0.29, 0.717) is 6.07 Å². The van der Waals surface area contributed by atoms with Gasteiger partial charge in [0, 0.05) is 35.6 Å². The number of carboxylic acid groups (broad SMARTS) is 1. The second-order valence-corrected chi connectivity index (χ2v) is 10.5. The monoisotopic (exact) mass is 533 g/mol. The first kappa shape index (κ1) is 26.7. The Balaban J connectivity index is 1.61. The molecular weight excluding hydrogens is 504 g/mol. The van der Waals surface area contributed by atoms with Gasteiger partial charge in [-0.2, -0.15) is 0 Å². The predicted molar refractivity (Wildman–Crippen MR) is 132 cm³/mol. The first-order valence-corrected chi connectivity index (χ1v) is 13.2. The van der Waals surface area contributed by atoms with Gasteiger partial charge in [-0.15, -0.1) is 11.3 Å². The molecule has 1 aliphatic carbocycles. The summed E-state index contributed by atoms with van der Waals surface area (Å²) in [4.78, 5) is 54.9. The van der Waals surface area contributed by atoms with Crippen LogP contribution in [0.25, 0.3) is 0 Å². The van der Waals surface area contributed by atoms with E-state index in [1.807, 2.05) is 5.38 Å². The zero-order chi connectivity index (χ0) is 26.5. The van der Waals surface area contributed by atoms with E-state index in [4.69, 9.17) is 0 Å². The maximum absolute atomic E-state index is 13.8. The second kappa shape index (κ2) is 11.8. The van der Waals surface area contributed by atoms with Gasteiger partial charge in [0.05, 0.1) is 12.8 Å². The van der Waals surface area contributed by atoms with Gasteiger partial charge in [0.2, 0.25) is 5.91 Å². The number of benzene rings is 1. The maximum atomic E-state index is 13.8. The van der Waals surface area contributed by atoms with Gasteiger partial charge < -0.3 is 20.2 Å². The summed E-state index contributed by atoms with van der Waals surface area (Å²) in [5.74, 6) is -4.82. The number of hydrogen-bond acceptors (Lipinski definition) is 5. The highest BCUT2D eigenvalue weighted by molar-refractivity contribution is 7.10. The standard InChI is InChI=1S/C26H29F2N3O5S/c27-18-11-17(12-19(28)13-18)26(36)31-9-8-30(22(32)14-20-7-4-10-37-20)25(31)24(35)29-21(15-23(33)34)16-5-2-1-3-6-16/h4,7,10-13,16,21,25H,1-3,5-6,8-9,14-15H2,(H,29,35)(H,33,34). The first-order valence-electron chi connectivity index (χ1n) is 12.3. The average Bonchev–Trinajstić information content (AvgIpc) is 3.53. The third-order valence-electron chi connectivity index (χ3n) is 6.94. The molecule has 2 fully saturated rings. The van der Waals surface area contributed by atoms with Crippen molar-refractivity contribution in [1.29, 1.82) is 0 Å². The van der Waals surface area contributed by atoms with Crippen LogP contribution in [0.5, 0.6) is 0 Å². The molecule has 2 N–H and O–H groups in total. The Morgan fingerprint density at radius 3 is 2.32 bits per heavy atom. The normalized spacial score (nSPS) is 19.0. The fraction of sp³-hybridized carbons (Fsp3) is 0.462. The molecule has 1 aromatic carbocycles. The van der Waals surface area contributed by atoms with Gasteiger partial charge in [0.25, 0.3) is 11.8 Å². The number of aliphatic carboxylic acids is 1. The summed E-state index contributed by atoms with van der Waals surface area (Å²) in [6.45, 7) is 0.0388. The Bertz CT molecular complexity index is 1130. The third kappa shape index (κ3) is 6.51. The first-order chi connectivity index (χ1) is 17.7. The van der Waals surface area contributed by atoms with Crippen molar-refractivity contribution >= 4 is 35.0 Å². The Labute approximate surface area is 217 Å². The molecule has 2 atom stereocenters. The van der Waals surface area contributed by atoms with Crippen LogP contribution in [0.2, 0.25) is 0 Å². The average molecular weight is 534 g/mol. The van der Waals surface area contributed by atoms with E-state index in [1.165, 1.54) is 16.2 Å². The van der Waals surface area contributed by atoms with E-state index in [2.05, 4.69) is 5.32 Å². The van der Waals surface area contributed by atoms with Gasteiger partial charge in [-0.25, -0.2) is 8.78 Å². The number of amides is 3. The van der Waals surface area contributed by atoms with Crippen molar-refractivity contribution in [3.63, 3.8) is 0 Å². The quantitative estimate of drug-likeness (QED) is 0.541. The molecule has 0 radical (unpaired) electrons. The van der Waals surface area contributed by atoms with Gasteiger partial charge in [0.1, 0.15) is 11.6 Å². The van der Waals surface area contributed by atoms with Gasteiger partial charge in [-0.1, -0.05) is 25.3 Å². The molecule has 3 amide bonds. The molecule has 37 heavy (non-hydrogen) atoms. The van der Waals surface area contributed by atoms with Crippen molar-refractivity contribution in [2.45, 2.75) is 57.2 Å². The Morgan fingerprint density at radius 2 is 1.70 bits per heavy atom. The van der Waals surface area contributed by atoms with Crippen LogP contribution in [0.3, 0.4) is 0 Å². The number of rotatable bonds is 8. The minimum atomic E-state index is -1.37. The minimum absolute atomic E-state index is 0.0156. The number of thiophene rings is 1. The van der Waals surface area contributed by atoms with Crippen molar-refractivity contribution in [2.75, 3.05) is 13.1 Å². The lowest BCUT2D eigenvalue weighted by Crippen LogP contribution is -2.57. The highest BCUT2D eigenvalue weighted by Crippen LogP contribution is 2.29. The highest BCUT2D eigenvalue weighted by Gasteiger charge is 2.44. The van der Waals surface area contributed by atoms with Gasteiger partial charge >= 0.3 is 5.97 Å². The molecule has 2 unspecified atom stereocenters. The number of halogens is 2. The number of hydrogen-bond donors (Lipinski definition) is 2. The van der Waals surface area contributed by atoms with Crippen LogP contribution in [-0.2, 0) is 20.8 Å². The van der Waals surface area contributed by atoms with E-state index < -0.39 is 41.6 Å². The summed E-state index contributed by atoms with van der Waals surface area (Å²) in [6.07, 6.45) is 2.83. The number of carboxylic acids is 1. The molecular formula is C26H29F2N3O5S. The van der Waals surface area contributed by atoms with Crippen LogP contribution in [0.1, 0.15) is 53.8 Å². The summed E-state index contributed by atoms with van der Waals surface area (Å²) >= 11 is 1.39. The van der Waals surface area contributed by atoms with E-state index in [0.717, 1.165) is 54.0 Å². The molecule has 0 spiro atoms. The summed E-state index contributed by atoms with van der Waals surface area (Å²) < 4.78 is 27.7. The molecule has 1 saturated heterocycles. The number of nitrogens with zero attached hydrogens (tertiary/aromatic N) is 2. The SMILES string of the molecule is O=C(O)CC(NC(=O)C1N(C(=O)Cc2cccs2)CCN1C(=O)c1cc(F)cc(F)c1)C1CCCCC1. The lowest BCUT2D eigenvalue weighted by atomic mass is 9.82. The molecule has 4 rings (SSSR count). The molecule has 11 heteroatoms. The Kier molecular flexibility index (Phi) is 8.52. The topological polar surface area (TPSA) is 107 Å². The van der Waals surface area contributed by atoms with Crippen LogP contribution in [0.4, 0.5) is 8.78 Å². The minimum Gasteiger partial charge on any atom is -0.481 e. The van der Waals surface area contributed by atoms with Crippen LogP contribution < -0.4 is 5.32 Å². The van der Waals surface area contributed by atoms with Gasteiger partial charge in [-0.05, 0) is 42.3 Å². The molecule has 1 aliphatic heterocycles. The molecule has 2 heterocycles. The van der Waals surface area contributed by atoms with Crippen LogP contribution >= 0.6 is 11.3 Å². The van der Waals surface area contributed by atoms with Gasteiger partial charge in [0.15, 0.2) is 6.17 Å². The summed E-state index contributed by atoms with van der Waals surface area (Å²) in [5, 5.41) is 14.1. The molecule has 2 aliphatic rings. The zero-order valence-electron chi connectivity index (χ0n) is 20.2. The number of carbonyl (C=O) groups excluding carboxylic acids is 3. The maximum Gasteiger partial charge on any atom is 0.305 e. The fourth-order valence-electron chi connectivity index (χ4n) is 5.21. The Hall–Kier alpha value is -3.34. The molecule has 198 valence electrons. The van der Waals surface area contributed by atoms with Crippen molar-refractivity contribution < 1.29 is 33.1 Å². The second-order valence-electron chi connectivity index (χ2n) is 9.48. The van der Waals surface area contributed by atoms with Crippen molar-refractivity contribution in [3.05, 3.63) is 57.8 Å². The van der Waals surface area contributed by atoms with Gasteiger partial charge in [-0.3, -0.25) is 19.2 Å². The van der Waals surface area contributed by atoms with Crippen molar-refractivity contribution in [2.24, 2.45) is 5.92 Å². The molecule has 2 aromatic rings. The predicted octanol–water partition coefficient (Wildman–Crippen LogP) is 3.42. The largest absolute Gasteiger partial charge is 0.481 e. The number of nitrogens with one attached hydrogen (secondary N) is 1. The molecule has 1 aromatic heterocycles. The van der Waals surface area contributed by atoms with Crippen LogP contribution in [0.15, 0.2) is 35.7 Å². The highest BCUT2D eigenvalue weighted by atomic mass is 32.1. The molecule has 0 bridgehead atoms. The van der Waals surface area contributed by atoms with Crippen LogP contribution in [0, 0.1) is 17.6 Å². The van der Waals surface area contributed by atoms with E-state index in [-0.39, 0.29) is 43.3 Å². The summed E-state index contributed by atoms with van der Waals surface area (Å²) in [6, 6.07) is 5.33. The van der Waals surface area contributed by atoms with Crippen molar-refractivity contribution in [3.8, 4) is 0 Å².